The monoisotopic (exact) mass is 436 g/mol. The zero-order chi connectivity index (χ0) is 23.3. The van der Waals surface area contributed by atoms with Crippen molar-refractivity contribution >= 4 is 11.9 Å². The summed E-state index contributed by atoms with van der Waals surface area (Å²) >= 11 is 0. The number of benzene rings is 1. The van der Waals surface area contributed by atoms with Crippen molar-refractivity contribution in [2.75, 3.05) is 0 Å². The number of carboxylic acids is 2. The van der Waals surface area contributed by atoms with Gasteiger partial charge in [-0.25, -0.2) is 0 Å². The molecule has 4 rings (SSSR count). The number of phenols is 1. The predicted molar refractivity (Wildman–Crippen MR) is 116 cm³/mol. The molecule has 0 unspecified atom stereocenters. The number of aromatic hydroxyl groups is 1. The summed E-state index contributed by atoms with van der Waals surface area (Å²) in [6, 6.07) is 5.80. The number of carbonyl (C=O) groups is 2. The van der Waals surface area contributed by atoms with Crippen molar-refractivity contribution in [3.63, 3.8) is 0 Å². The topological polar surface area (TPSA) is 135 Å². The zero-order valence-electron chi connectivity index (χ0n) is 18.6. The Hall–Kier alpha value is -2.12. The van der Waals surface area contributed by atoms with Crippen LogP contribution in [0.5, 0.6) is 5.75 Å². The number of hydrogen-bond donors (Lipinski definition) is 5. The van der Waals surface area contributed by atoms with Crippen molar-refractivity contribution in [3.8, 4) is 5.75 Å². The molecule has 31 heavy (non-hydrogen) atoms. The minimum Gasteiger partial charge on any atom is -0.508 e. The van der Waals surface area contributed by atoms with E-state index in [9.17, 15) is 24.9 Å². The number of carboxylic acid groups (broad SMARTS) is 2. The number of hydrogen-bond acceptors (Lipinski definition) is 5. The summed E-state index contributed by atoms with van der Waals surface area (Å²) in [6.45, 7) is 5.37. The lowest BCUT2D eigenvalue weighted by Crippen LogP contribution is -2.44. The van der Waals surface area contributed by atoms with Gasteiger partial charge in [0.2, 0.25) is 0 Å². The molecule has 7 heteroatoms. The summed E-state index contributed by atoms with van der Waals surface area (Å²) in [4.78, 5) is 18.7. The van der Waals surface area contributed by atoms with Crippen molar-refractivity contribution in [2.24, 2.45) is 17.3 Å². The van der Waals surface area contributed by atoms with Crippen LogP contribution in [0.4, 0.5) is 0 Å². The van der Waals surface area contributed by atoms with Gasteiger partial charge >= 0.3 is 11.9 Å². The first kappa shape index (κ1) is 25.1. The lowest BCUT2D eigenvalue weighted by Gasteiger charge is -2.49. The number of rotatable bonds is 2. The molecule has 2 fully saturated rings. The molecule has 0 heterocycles. The second-order valence-electron chi connectivity index (χ2n) is 9.09. The molecular weight excluding hydrogens is 400 g/mol. The number of phenolic OH excluding ortho intramolecular Hbond substituents is 1. The van der Waals surface area contributed by atoms with Gasteiger partial charge in [0.25, 0.3) is 0 Å². The van der Waals surface area contributed by atoms with Crippen LogP contribution in [-0.4, -0.2) is 49.7 Å². The quantitative estimate of drug-likeness (QED) is 0.478. The lowest BCUT2D eigenvalue weighted by atomic mass is 9.55. The van der Waals surface area contributed by atoms with E-state index in [2.05, 4.69) is 13.0 Å². The smallest absolute Gasteiger partial charge is 0.303 e. The Balaban J connectivity index is 0.000000289. The third-order valence-corrected chi connectivity index (χ3v) is 7.29. The molecule has 3 aliphatic carbocycles. The molecule has 174 valence electrons. The maximum atomic E-state index is 10.4. The van der Waals surface area contributed by atoms with E-state index in [1.165, 1.54) is 11.1 Å². The molecule has 0 bridgehead atoms. The Morgan fingerprint density at radius 2 is 1.65 bits per heavy atom. The van der Waals surface area contributed by atoms with Gasteiger partial charge in [0.05, 0.1) is 12.2 Å². The summed E-state index contributed by atoms with van der Waals surface area (Å²) < 4.78 is 0. The van der Waals surface area contributed by atoms with Gasteiger partial charge in [-0.1, -0.05) is 26.8 Å². The molecule has 0 radical (unpaired) electrons. The molecule has 7 nitrogen and oxygen atoms in total. The van der Waals surface area contributed by atoms with Gasteiger partial charge in [0.15, 0.2) is 0 Å². The van der Waals surface area contributed by atoms with Gasteiger partial charge < -0.3 is 25.5 Å². The SMILES string of the molecule is CCC(=O)O.CCC(=O)O.C[C@]12CC[C@@H]3c4ccc(O)cc4CC[C@H]3[C@@H]1C[C@@H](O)[C@@H]2O. The van der Waals surface area contributed by atoms with Crippen LogP contribution in [-0.2, 0) is 16.0 Å². The van der Waals surface area contributed by atoms with Crippen LogP contribution in [0.15, 0.2) is 18.2 Å². The van der Waals surface area contributed by atoms with E-state index >= 15 is 0 Å². The summed E-state index contributed by atoms with van der Waals surface area (Å²) in [6.07, 6.45) is 4.25. The molecule has 0 amide bonds. The van der Waals surface area contributed by atoms with Crippen LogP contribution >= 0.6 is 0 Å². The van der Waals surface area contributed by atoms with Gasteiger partial charge in [0.1, 0.15) is 5.75 Å². The Kier molecular flexibility index (Phi) is 8.49. The fraction of sp³-hybridized carbons (Fsp3) is 0.667. The van der Waals surface area contributed by atoms with Gasteiger partial charge in [-0.2, -0.15) is 0 Å². The summed E-state index contributed by atoms with van der Waals surface area (Å²) in [5.74, 6) is 0.385. The minimum atomic E-state index is -0.745. The van der Waals surface area contributed by atoms with Crippen LogP contribution in [0.25, 0.3) is 0 Å². The maximum absolute atomic E-state index is 10.4. The first-order valence-corrected chi connectivity index (χ1v) is 11.2. The largest absolute Gasteiger partial charge is 0.508 e. The fourth-order valence-electron chi connectivity index (χ4n) is 5.56. The molecule has 1 aromatic rings. The van der Waals surface area contributed by atoms with Crippen LogP contribution in [0, 0.1) is 17.3 Å². The van der Waals surface area contributed by atoms with Crippen LogP contribution < -0.4 is 0 Å². The van der Waals surface area contributed by atoms with Gasteiger partial charge in [-0.3, -0.25) is 9.59 Å². The fourth-order valence-corrected chi connectivity index (χ4v) is 5.56. The summed E-state index contributed by atoms with van der Waals surface area (Å²) in [5, 5.41) is 45.6. The van der Waals surface area contributed by atoms with Crippen molar-refractivity contribution in [1.29, 1.82) is 0 Å². The number of aliphatic carboxylic acids is 2. The number of aliphatic hydroxyl groups excluding tert-OH is 2. The predicted octanol–water partition coefficient (Wildman–Crippen LogP) is 3.54. The standard InChI is InChI=1S/C18H24O3.2C3H6O2/c1-18-7-6-13-12-5-3-11(19)8-10(12)2-4-14(13)15(18)9-16(20)17(18)21;2*1-2-3(4)5/h3,5,8,13-17,19-21H,2,4,6-7,9H2,1H3;2*2H2,1H3,(H,4,5)/t13-,14-,15+,16-,17+,18+;;/m1../s1. The molecule has 0 saturated heterocycles. The lowest BCUT2D eigenvalue weighted by molar-refractivity contribution is -0.137. The average molecular weight is 437 g/mol. The van der Waals surface area contributed by atoms with Crippen molar-refractivity contribution in [3.05, 3.63) is 29.3 Å². The normalized spacial score (nSPS) is 32.7. The van der Waals surface area contributed by atoms with E-state index in [4.69, 9.17) is 10.2 Å². The molecule has 6 atom stereocenters. The average Bonchev–Trinajstić information content (AvgIpc) is 2.98. The maximum Gasteiger partial charge on any atom is 0.303 e. The number of aryl methyl sites for hydroxylation is 1. The van der Waals surface area contributed by atoms with Gasteiger partial charge in [-0.15, -0.1) is 0 Å². The molecule has 1 aromatic carbocycles. The Bertz CT molecular complexity index is 763. The molecular formula is C24H36O7. The van der Waals surface area contributed by atoms with E-state index in [0.717, 1.165) is 32.1 Å². The molecule has 5 N–H and O–H groups in total. The molecule has 0 aromatic heterocycles. The third kappa shape index (κ3) is 5.57. The summed E-state index contributed by atoms with van der Waals surface area (Å²) in [7, 11) is 0. The molecule has 0 spiro atoms. The van der Waals surface area contributed by atoms with Crippen LogP contribution in [0.2, 0.25) is 0 Å². The van der Waals surface area contributed by atoms with Crippen molar-refractivity contribution in [1.82, 2.24) is 0 Å². The van der Waals surface area contributed by atoms with Gasteiger partial charge in [-0.05, 0) is 78.5 Å². The molecule has 2 saturated carbocycles. The van der Waals surface area contributed by atoms with Gasteiger partial charge in [0, 0.05) is 12.8 Å². The highest BCUT2D eigenvalue weighted by molar-refractivity contribution is 5.66. The molecule has 3 aliphatic rings. The second-order valence-corrected chi connectivity index (χ2v) is 9.09. The highest BCUT2D eigenvalue weighted by Gasteiger charge is 2.57. The molecule has 0 aliphatic heterocycles. The highest BCUT2D eigenvalue weighted by atomic mass is 16.4. The highest BCUT2D eigenvalue weighted by Crippen LogP contribution is 2.60. The zero-order valence-corrected chi connectivity index (χ0v) is 18.6. The van der Waals surface area contributed by atoms with E-state index in [-0.39, 0.29) is 18.3 Å². The Morgan fingerprint density at radius 1 is 1.06 bits per heavy atom. The van der Waals surface area contributed by atoms with Crippen LogP contribution in [0.3, 0.4) is 0 Å². The van der Waals surface area contributed by atoms with E-state index in [0.29, 0.717) is 23.5 Å². The van der Waals surface area contributed by atoms with E-state index in [1.807, 2.05) is 6.07 Å². The Morgan fingerprint density at radius 3 is 2.19 bits per heavy atom. The first-order chi connectivity index (χ1) is 14.5. The summed E-state index contributed by atoms with van der Waals surface area (Å²) in [5.41, 5.74) is 2.57. The minimum absolute atomic E-state index is 0.116. The number of aliphatic hydroxyl groups is 2. The second kappa shape index (κ2) is 10.5. The number of fused-ring (bicyclic) bond motifs is 5. The van der Waals surface area contributed by atoms with E-state index < -0.39 is 24.1 Å². The third-order valence-electron chi connectivity index (χ3n) is 7.29. The van der Waals surface area contributed by atoms with E-state index in [1.54, 1.807) is 19.9 Å². The Labute approximate surface area is 183 Å². The van der Waals surface area contributed by atoms with Crippen molar-refractivity contribution in [2.45, 2.75) is 83.8 Å². The van der Waals surface area contributed by atoms with Crippen LogP contribution in [0.1, 0.15) is 76.3 Å². The first-order valence-electron chi connectivity index (χ1n) is 11.2. The van der Waals surface area contributed by atoms with Crippen molar-refractivity contribution < 1.29 is 35.1 Å².